The van der Waals surface area contributed by atoms with E-state index in [4.69, 9.17) is 0 Å². The topological polar surface area (TPSA) is 43.7 Å². The van der Waals surface area contributed by atoms with Crippen LogP contribution in [0.15, 0.2) is 0 Å². The molecule has 3 nitrogen and oxygen atoms in total. The Balaban J connectivity index is 2.45. The molecule has 1 rings (SSSR count). The highest BCUT2D eigenvalue weighted by Crippen LogP contribution is 2.23. The summed E-state index contributed by atoms with van der Waals surface area (Å²) in [5, 5.41) is 18.8. The molecule has 0 saturated carbocycles. The Morgan fingerprint density at radius 1 is 1.64 bits per heavy atom. The number of aliphatic hydroxyl groups is 2. The predicted octanol–water partition coefficient (Wildman–Crippen LogP) is 0.245. The van der Waals surface area contributed by atoms with Crippen molar-refractivity contribution in [1.29, 1.82) is 0 Å². The lowest BCUT2D eigenvalue weighted by Gasteiger charge is -2.37. The maximum Gasteiger partial charge on any atom is 0.234 e. The van der Waals surface area contributed by atoms with Crippen LogP contribution in [0.1, 0.15) is 13.3 Å². The van der Waals surface area contributed by atoms with Crippen LogP contribution in [0.3, 0.4) is 0 Å². The Hall–Kier alpha value is 0.230. The average Bonchev–Trinajstić information content (AvgIpc) is 1.94. The summed E-state index contributed by atoms with van der Waals surface area (Å²) in [4.78, 5) is 1.60. The van der Waals surface area contributed by atoms with E-state index in [9.17, 15) is 10.2 Å². The number of hydrogen-bond donors (Lipinski definition) is 2. The Morgan fingerprint density at radius 3 is 2.91 bits per heavy atom. The van der Waals surface area contributed by atoms with Crippen LogP contribution in [0.25, 0.3) is 0 Å². The monoisotopic (exact) mass is 176 g/mol. The van der Waals surface area contributed by atoms with Crippen LogP contribution in [-0.4, -0.2) is 39.1 Å². The Morgan fingerprint density at radius 2 is 2.36 bits per heavy atom. The largest absolute Gasteiger partial charge is 0.353 e. The lowest BCUT2D eigenvalue weighted by molar-refractivity contribution is -0.237. The average molecular weight is 176 g/mol. The van der Waals surface area contributed by atoms with Gasteiger partial charge in [0.05, 0.1) is 5.75 Å². The molecule has 0 aromatic carbocycles. The maximum absolute atomic E-state index is 9.39. The first kappa shape index (κ1) is 9.32. The summed E-state index contributed by atoms with van der Waals surface area (Å²) in [6.45, 7) is 4.54. The van der Waals surface area contributed by atoms with Crippen molar-refractivity contribution >= 4 is 11.8 Å². The van der Waals surface area contributed by atoms with Gasteiger partial charge in [-0.15, -0.1) is 0 Å². The van der Waals surface area contributed by atoms with Crippen LogP contribution in [0, 0.1) is 6.54 Å². The molecule has 1 aliphatic heterocycles. The zero-order chi connectivity index (χ0) is 8.32. The van der Waals surface area contributed by atoms with Gasteiger partial charge < -0.3 is 10.2 Å². The standard InChI is InChI=1S/C7H14NO2S/c1-2-3-8-4-5-11-6-7(8,9)10/h3,9-10H,2,4-6H2,1H3. The van der Waals surface area contributed by atoms with E-state index in [-0.39, 0.29) is 0 Å². The Labute approximate surface area is 71.4 Å². The molecule has 0 bridgehead atoms. The van der Waals surface area contributed by atoms with Crippen molar-refractivity contribution in [2.45, 2.75) is 19.3 Å². The van der Waals surface area contributed by atoms with E-state index in [0.29, 0.717) is 5.75 Å². The zero-order valence-corrected chi connectivity index (χ0v) is 7.47. The smallest absolute Gasteiger partial charge is 0.234 e. The minimum Gasteiger partial charge on any atom is -0.353 e. The second-order valence-electron chi connectivity index (χ2n) is 2.61. The van der Waals surface area contributed by atoms with Crippen LogP contribution >= 0.6 is 11.8 Å². The van der Waals surface area contributed by atoms with Crippen LogP contribution in [0.2, 0.25) is 0 Å². The lowest BCUT2D eigenvalue weighted by Crippen LogP contribution is -2.52. The Kier molecular flexibility index (Phi) is 3.18. The lowest BCUT2D eigenvalue weighted by atomic mass is 10.3. The molecule has 0 aliphatic carbocycles. The summed E-state index contributed by atoms with van der Waals surface area (Å²) in [5.41, 5.74) is 0. The van der Waals surface area contributed by atoms with Crippen LogP contribution in [0.4, 0.5) is 0 Å². The van der Waals surface area contributed by atoms with E-state index in [0.717, 1.165) is 18.7 Å². The minimum absolute atomic E-state index is 0.378. The van der Waals surface area contributed by atoms with E-state index in [2.05, 4.69) is 0 Å². The molecule has 2 N–H and O–H groups in total. The fraction of sp³-hybridized carbons (Fsp3) is 0.857. The molecule has 0 unspecified atom stereocenters. The van der Waals surface area contributed by atoms with Gasteiger partial charge in [-0.3, -0.25) is 0 Å². The van der Waals surface area contributed by atoms with Crippen molar-refractivity contribution in [1.82, 2.24) is 4.90 Å². The highest BCUT2D eigenvalue weighted by atomic mass is 32.2. The van der Waals surface area contributed by atoms with Gasteiger partial charge >= 0.3 is 0 Å². The number of rotatable bonds is 2. The number of hydrogen-bond acceptors (Lipinski definition) is 4. The second kappa shape index (κ2) is 3.76. The maximum atomic E-state index is 9.39. The van der Waals surface area contributed by atoms with Gasteiger partial charge in [0.2, 0.25) is 5.91 Å². The molecule has 4 heteroatoms. The van der Waals surface area contributed by atoms with Crippen molar-refractivity contribution in [3.8, 4) is 0 Å². The van der Waals surface area contributed by atoms with Crippen LogP contribution in [0.5, 0.6) is 0 Å². The third kappa shape index (κ3) is 2.33. The van der Waals surface area contributed by atoms with Gasteiger partial charge in [-0.2, -0.15) is 11.8 Å². The molecule has 0 aromatic heterocycles. The zero-order valence-electron chi connectivity index (χ0n) is 6.66. The highest BCUT2D eigenvalue weighted by Gasteiger charge is 2.34. The van der Waals surface area contributed by atoms with Crippen molar-refractivity contribution in [3.05, 3.63) is 6.54 Å². The molecule has 65 valence electrons. The van der Waals surface area contributed by atoms with Crippen molar-refractivity contribution in [2.75, 3.05) is 18.1 Å². The SMILES string of the molecule is CC[CH]N1CCSCC1(O)O. The third-order valence-electron chi connectivity index (χ3n) is 1.64. The molecule has 0 amide bonds. The summed E-state index contributed by atoms with van der Waals surface area (Å²) in [5.74, 6) is -0.262. The van der Waals surface area contributed by atoms with Crippen molar-refractivity contribution < 1.29 is 10.2 Å². The summed E-state index contributed by atoms with van der Waals surface area (Å²) in [7, 11) is 0. The summed E-state index contributed by atoms with van der Waals surface area (Å²) in [6, 6.07) is 0. The molecular weight excluding hydrogens is 162 g/mol. The van der Waals surface area contributed by atoms with Gasteiger partial charge in [-0.05, 0) is 6.42 Å². The molecule has 1 saturated heterocycles. The highest BCUT2D eigenvalue weighted by molar-refractivity contribution is 7.99. The quantitative estimate of drug-likeness (QED) is 0.592. The molecule has 1 aliphatic rings. The fourth-order valence-electron chi connectivity index (χ4n) is 1.09. The molecule has 0 aromatic rings. The van der Waals surface area contributed by atoms with E-state index in [1.165, 1.54) is 0 Å². The van der Waals surface area contributed by atoms with E-state index < -0.39 is 5.91 Å². The first-order valence-corrected chi connectivity index (χ1v) is 4.95. The van der Waals surface area contributed by atoms with Gasteiger partial charge in [0.25, 0.3) is 0 Å². The molecule has 11 heavy (non-hydrogen) atoms. The van der Waals surface area contributed by atoms with Gasteiger partial charge in [-0.1, -0.05) is 6.92 Å². The fourth-order valence-corrected chi connectivity index (χ4v) is 2.00. The van der Waals surface area contributed by atoms with E-state index >= 15 is 0 Å². The molecule has 0 atom stereocenters. The number of thioether (sulfide) groups is 1. The minimum atomic E-state index is -1.61. The van der Waals surface area contributed by atoms with E-state index in [1.807, 2.05) is 13.5 Å². The predicted molar refractivity (Wildman–Crippen MR) is 45.8 cm³/mol. The number of nitrogens with zero attached hydrogens (tertiary/aromatic N) is 1. The molecule has 0 spiro atoms. The summed E-state index contributed by atoms with van der Waals surface area (Å²) in [6.07, 6.45) is 0.841. The molecule has 1 fully saturated rings. The first-order chi connectivity index (χ1) is 5.17. The second-order valence-corrected chi connectivity index (χ2v) is 3.72. The molecule has 1 heterocycles. The van der Waals surface area contributed by atoms with Crippen LogP contribution < -0.4 is 0 Å². The first-order valence-electron chi connectivity index (χ1n) is 3.79. The summed E-state index contributed by atoms with van der Waals surface area (Å²) >= 11 is 1.57. The summed E-state index contributed by atoms with van der Waals surface area (Å²) < 4.78 is 0. The van der Waals surface area contributed by atoms with Gasteiger partial charge in [-0.25, -0.2) is 4.90 Å². The van der Waals surface area contributed by atoms with E-state index in [1.54, 1.807) is 16.7 Å². The van der Waals surface area contributed by atoms with Gasteiger partial charge in [0.15, 0.2) is 0 Å². The van der Waals surface area contributed by atoms with Crippen molar-refractivity contribution in [3.63, 3.8) is 0 Å². The van der Waals surface area contributed by atoms with Crippen molar-refractivity contribution in [2.24, 2.45) is 0 Å². The van der Waals surface area contributed by atoms with Gasteiger partial charge in [0, 0.05) is 18.8 Å². The normalized spacial score (nSPS) is 25.4. The van der Waals surface area contributed by atoms with Crippen LogP contribution in [-0.2, 0) is 0 Å². The third-order valence-corrected chi connectivity index (χ3v) is 2.70. The molecular formula is C7H14NO2S. The van der Waals surface area contributed by atoms with Gasteiger partial charge in [0.1, 0.15) is 0 Å². The Bertz CT molecular complexity index is 128. The molecule has 1 radical (unpaired) electrons.